The fourth-order valence-electron chi connectivity index (χ4n) is 1.97. The van der Waals surface area contributed by atoms with Gasteiger partial charge in [0, 0.05) is 22.7 Å². The Kier molecular flexibility index (Phi) is 4.88. The summed E-state index contributed by atoms with van der Waals surface area (Å²) in [5.74, 6) is -0.291. The van der Waals surface area contributed by atoms with Crippen LogP contribution in [0, 0.1) is 5.82 Å². The second-order valence-electron chi connectivity index (χ2n) is 4.70. The van der Waals surface area contributed by atoms with Gasteiger partial charge >= 0.3 is 0 Å². The topological polar surface area (TPSA) is 20.3 Å². The third kappa shape index (κ3) is 3.89. The molecular weight excluding hydrogens is 277 g/mol. The average molecular weight is 292 g/mol. The number of halogens is 2. The summed E-state index contributed by atoms with van der Waals surface area (Å²) in [4.78, 5) is 13.9. The molecule has 0 aliphatic rings. The normalized spacial score (nSPS) is 10.8. The maximum absolute atomic E-state index is 13.5. The van der Waals surface area contributed by atoms with Gasteiger partial charge in [-0.3, -0.25) is 9.69 Å². The summed E-state index contributed by atoms with van der Waals surface area (Å²) in [6, 6.07) is 13.4. The van der Waals surface area contributed by atoms with Gasteiger partial charge in [-0.1, -0.05) is 41.9 Å². The summed E-state index contributed by atoms with van der Waals surface area (Å²) in [5.41, 5.74) is 1.15. The van der Waals surface area contributed by atoms with Crippen LogP contribution in [0.1, 0.15) is 15.9 Å². The van der Waals surface area contributed by atoms with E-state index >= 15 is 0 Å². The molecular formula is C16H15ClFNO. The lowest BCUT2D eigenvalue weighted by Crippen LogP contribution is -2.26. The summed E-state index contributed by atoms with van der Waals surface area (Å²) < 4.78 is 13.5. The lowest BCUT2D eigenvalue weighted by atomic mass is 10.1. The summed E-state index contributed by atoms with van der Waals surface area (Å²) in [6.45, 7) is 0.605. The van der Waals surface area contributed by atoms with E-state index in [4.69, 9.17) is 11.6 Å². The molecule has 0 saturated carbocycles. The van der Waals surface area contributed by atoms with Crippen LogP contribution in [0.4, 0.5) is 4.39 Å². The minimum atomic E-state index is -0.255. The van der Waals surface area contributed by atoms with Gasteiger partial charge in [0.05, 0.1) is 6.54 Å². The molecule has 0 fully saturated rings. The predicted molar refractivity (Wildman–Crippen MR) is 78.5 cm³/mol. The van der Waals surface area contributed by atoms with Crippen LogP contribution in [0.3, 0.4) is 0 Å². The van der Waals surface area contributed by atoms with Crippen molar-refractivity contribution in [1.82, 2.24) is 4.90 Å². The van der Waals surface area contributed by atoms with E-state index in [-0.39, 0.29) is 18.1 Å². The van der Waals surface area contributed by atoms with E-state index in [9.17, 15) is 9.18 Å². The highest BCUT2D eigenvalue weighted by Gasteiger charge is 2.11. The largest absolute Gasteiger partial charge is 0.294 e. The number of nitrogens with zero attached hydrogens (tertiary/aromatic N) is 1. The first-order valence-electron chi connectivity index (χ1n) is 6.27. The number of benzene rings is 2. The highest BCUT2D eigenvalue weighted by atomic mass is 35.5. The van der Waals surface area contributed by atoms with Gasteiger partial charge in [0.2, 0.25) is 0 Å². The molecule has 2 nitrogen and oxygen atoms in total. The van der Waals surface area contributed by atoms with Crippen molar-refractivity contribution in [3.05, 3.63) is 70.5 Å². The van der Waals surface area contributed by atoms with Crippen LogP contribution in [-0.2, 0) is 6.54 Å². The van der Waals surface area contributed by atoms with E-state index < -0.39 is 0 Å². The van der Waals surface area contributed by atoms with Gasteiger partial charge in [-0.2, -0.15) is 0 Å². The molecule has 0 amide bonds. The fourth-order valence-corrected chi connectivity index (χ4v) is 2.16. The molecule has 0 aliphatic heterocycles. The summed E-state index contributed by atoms with van der Waals surface area (Å²) in [6.07, 6.45) is 0. The summed E-state index contributed by atoms with van der Waals surface area (Å²) in [7, 11) is 1.79. The molecule has 0 N–H and O–H groups in total. The molecule has 0 aromatic heterocycles. The quantitative estimate of drug-likeness (QED) is 0.781. The van der Waals surface area contributed by atoms with Crippen LogP contribution in [0.5, 0.6) is 0 Å². The standard InChI is InChI=1S/C16H15ClFNO/c1-19(10-13-5-2-3-8-15(13)18)11-16(20)12-6-4-7-14(17)9-12/h2-9H,10-11H2,1H3. The smallest absolute Gasteiger partial charge is 0.176 e. The number of carbonyl (C=O) groups excluding carboxylic acids is 1. The monoisotopic (exact) mass is 291 g/mol. The Morgan fingerprint density at radius 3 is 2.65 bits per heavy atom. The Hall–Kier alpha value is -1.71. The molecule has 0 aliphatic carbocycles. The van der Waals surface area contributed by atoms with Gasteiger partial charge in [-0.25, -0.2) is 4.39 Å². The zero-order chi connectivity index (χ0) is 14.5. The number of hydrogen-bond acceptors (Lipinski definition) is 2. The van der Waals surface area contributed by atoms with Gasteiger partial charge in [0.25, 0.3) is 0 Å². The Labute approximate surface area is 122 Å². The van der Waals surface area contributed by atoms with Crippen LogP contribution < -0.4 is 0 Å². The van der Waals surface area contributed by atoms with Crippen LogP contribution in [-0.4, -0.2) is 24.3 Å². The van der Waals surface area contributed by atoms with Crippen molar-refractivity contribution in [3.63, 3.8) is 0 Å². The maximum atomic E-state index is 13.5. The van der Waals surface area contributed by atoms with E-state index in [0.29, 0.717) is 22.7 Å². The molecule has 0 unspecified atom stereocenters. The first kappa shape index (κ1) is 14.7. The Morgan fingerprint density at radius 1 is 1.20 bits per heavy atom. The van der Waals surface area contributed by atoms with Crippen molar-refractivity contribution in [2.45, 2.75) is 6.54 Å². The van der Waals surface area contributed by atoms with E-state index in [2.05, 4.69) is 0 Å². The second kappa shape index (κ2) is 6.64. The molecule has 0 heterocycles. The number of likely N-dealkylation sites (N-methyl/N-ethyl adjacent to an activating group) is 1. The summed E-state index contributed by atoms with van der Waals surface area (Å²) >= 11 is 5.86. The SMILES string of the molecule is CN(CC(=O)c1cccc(Cl)c1)Cc1ccccc1F. The molecule has 20 heavy (non-hydrogen) atoms. The Morgan fingerprint density at radius 2 is 1.95 bits per heavy atom. The van der Waals surface area contributed by atoms with Gasteiger partial charge < -0.3 is 0 Å². The van der Waals surface area contributed by atoms with Crippen molar-refractivity contribution < 1.29 is 9.18 Å². The number of ketones is 1. The summed E-state index contributed by atoms with van der Waals surface area (Å²) in [5, 5.41) is 0.535. The predicted octanol–water partition coefficient (Wildman–Crippen LogP) is 3.79. The first-order valence-corrected chi connectivity index (χ1v) is 6.65. The number of hydrogen-bond donors (Lipinski definition) is 0. The molecule has 2 aromatic rings. The number of rotatable bonds is 5. The molecule has 2 rings (SSSR count). The Balaban J connectivity index is 2.00. The zero-order valence-electron chi connectivity index (χ0n) is 11.1. The van der Waals surface area contributed by atoms with Crippen LogP contribution in [0.25, 0.3) is 0 Å². The van der Waals surface area contributed by atoms with Gasteiger partial charge in [-0.05, 0) is 25.2 Å². The second-order valence-corrected chi connectivity index (χ2v) is 5.13. The minimum absolute atomic E-state index is 0.0358. The van der Waals surface area contributed by atoms with E-state index in [1.165, 1.54) is 6.07 Å². The zero-order valence-corrected chi connectivity index (χ0v) is 11.9. The highest BCUT2D eigenvalue weighted by molar-refractivity contribution is 6.31. The molecule has 0 bridgehead atoms. The molecule has 0 spiro atoms. The molecule has 104 valence electrons. The average Bonchev–Trinajstić information content (AvgIpc) is 2.41. The molecule has 4 heteroatoms. The minimum Gasteiger partial charge on any atom is -0.294 e. The van der Waals surface area contributed by atoms with Crippen molar-refractivity contribution in [3.8, 4) is 0 Å². The van der Waals surface area contributed by atoms with E-state index in [1.54, 1.807) is 54.4 Å². The lowest BCUT2D eigenvalue weighted by molar-refractivity contribution is 0.0942. The molecule has 2 aromatic carbocycles. The maximum Gasteiger partial charge on any atom is 0.176 e. The number of carbonyl (C=O) groups is 1. The van der Waals surface area contributed by atoms with Crippen molar-refractivity contribution >= 4 is 17.4 Å². The third-order valence-electron chi connectivity index (χ3n) is 2.96. The van der Waals surface area contributed by atoms with Crippen molar-refractivity contribution in [2.24, 2.45) is 0 Å². The Bertz CT molecular complexity index is 615. The van der Waals surface area contributed by atoms with Crippen molar-refractivity contribution in [2.75, 3.05) is 13.6 Å². The van der Waals surface area contributed by atoms with Crippen LogP contribution >= 0.6 is 11.6 Å². The van der Waals surface area contributed by atoms with Gasteiger partial charge in [0.15, 0.2) is 5.78 Å². The van der Waals surface area contributed by atoms with E-state index in [1.807, 2.05) is 0 Å². The van der Waals surface area contributed by atoms with Gasteiger partial charge in [0.1, 0.15) is 5.82 Å². The number of Topliss-reactive ketones (excluding diaryl/α,β-unsaturated/α-hetero) is 1. The first-order chi connectivity index (χ1) is 9.56. The van der Waals surface area contributed by atoms with Crippen LogP contribution in [0.2, 0.25) is 5.02 Å². The third-order valence-corrected chi connectivity index (χ3v) is 3.19. The molecule has 0 saturated heterocycles. The fraction of sp³-hybridized carbons (Fsp3) is 0.188. The van der Waals surface area contributed by atoms with Gasteiger partial charge in [-0.15, -0.1) is 0 Å². The van der Waals surface area contributed by atoms with E-state index in [0.717, 1.165) is 0 Å². The van der Waals surface area contributed by atoms with Crippen LogP contribution in [0.15, 0.2) is 48.5 Å². The van der Waals surface area contributed by atoms with Crippen molar-refractivity contribution in [1.29, 1.82) is 0 Å². The molecule has 0 radical (unpaired) electrons. The highest BCUT2D eigenvalue weighted by Crippen LogP contribution is 2.13. The lowest BCUT2D eigenvalue weighted by Gasteiger charge is -2.16. The molecule has 0 atom stereocenters.